The highest BCUT2D eigenvalue weighted by Gasteiger charge is 2.33. The van der Waals surface area contributed by atoms with Crippen molar-refractivity contribution in [3.05, 3.63) is 52.0 Å². The number of benzene rings is 1. The molecule has 7 heteroatoms. The van der Waals surface area contributed by atoms with Gasteiger partial charge in [0.05, 0.1) is 11.7 Å². The monoisotopic (exact) mass is 354 g/mol. The number of nitrogens with one attached hydrogen (secondary N) is 1. The lowest BCUT2D eigenvalue weighted by Crippen LogP contribution is -2.41. The molecule has 1 aromatic carbocycles. The fourth-order valence-electron chi connectivity index (χ4n) is 3.05. The largest absolute Gasteiger partial charge is 0.322 e. The number of nitrogens with zero attached hydrogens (tertiary/aromatic N) is 1. The van der Waals surface area contributed by atoms with Crippen LogP contribution in [0.3, 0.4) is 0 Å². The minimum absolute atomic E-state index is 0.153. The summed E-state index contributed by atoms with van der Waals surface area (Å²) < 4.78 is 40.0. The zero-order valence-electron chi connectivity index (χ0n) is 13.1. The topological polar surface area (TPSA) is 32.3 Å². The number of anilines is 1. The lowest BCUT2D eigenvalue weighted by molar-refractivity contribution is -0.121. The van der Waals surface area contributed by atoms with Gasteiger partial charge in [0.1, 0.15) is 0 Å². The first kappa shape index (κ1) is 17.0. The Hall–Kier alpha value is -1.86. The van der Waals surface area contributed by atoms with Gasteiger partial charge in [-0.25, -0.2) is 13.2 Å². The van der Waals surface area contributed by atoms with Gasteiger partial charge in [-0.15, -0.1) is 11.3 Å². The molecule has 0 radical (unpaired) electrons. The second-order valence-corrected chi connectivity index (χ2v) is 6.78. The predicted molar refractivity (Wildman–Crippen MR) is 87.4 cm³/mol. The normalized spacial score (nSPS) is 19.4. The molecule has 1 aliphatic heterocycles. The van der Waals surface area contributed by atoms with E-state index >= 15 is 0 Å². The van der Waals surface area contributed by atoms with Gasteiger partial charge in [0.2, 0.25) is 5.91 Å². The highest BCUT2D eigenvalue weighted by Crippen LogP contribution is 2.36. The molecule has 0 aliphatic carbocycles. The number of amides is 1. The Bertz CT molecular complexity index is 736. The molecule has 0 saturated carbocycles. The number of likely N-dealkylation sites (tertiary alicyclic amines) is 1. The molecule has 0 spiro atoms. The van der Waals surface area contributed by atoms with Crippen LogP contribution in [-0.4, -0.2) is 23.4 Å². The predicted octanol–water partition coefficient (Wildman–Crippen LogP) is 4.33. The Morgan fingerprint density at radius 3 is 2.79 bits per heavy atom. The van der Waals surface area contributed by atoms with Gasteiger partial charge in [0.25, 0.3) is 0 Å². The second-order valence-electron chi connectivity index (χ2n) is 5.80. The number of halogens is 3. The highest BCUT2D eigenvalue weighted by atomic mass is 32.1. The van der Waals surface area contributed by atoms with Crippen LogP contribution in [0.15, 0.2) is 29.6 Å². The molecule has 2 atom stereocenters. The van der Waals surface area contributed by atoms with Crippen LogP contribution in [0.1, 0.15) is 30.7 Å². The van der Waals surface area contributed by atoms with E-state index in [1.54, 1.807) is 18.3 Å². The van der Waals surface area contributed by atoms with Crippen molar-refractivity contribution in [2.45, 2.75) is 31.8 Å². The lowest BCUT2D eigenvalue weighted by atomic mass is 10.1. The van der Waals surface area contributed by atoms with Gasteiger partial charge in [0, 0.05) is 10.9 Å². The first-order valence-electron chi connectivity index (χ1n) is 7.72. The van der Waals surface area contributed by atoms with Crippen LogP contribution in [0, 0.1) is 17.5 Å². The van der Waals surface area contributed by atoms with Gasteiger partial charge >= 0.3 is 0 Å². The minimum Gasteiger partial charge on any atom is -0.322 e. The molecular formula is C17H17F3N2OS. The fourth-order valence-corrected chi connectivity index (χ4v) is 3.93. The first-order chi connectivity index (χ1) is 11.5. The van der Waals surface area contributed by atoms with Gasteiger partial charge in [-0.3, -0.25) is 9.69 Å². The molecule has 1 N–H and O–H groups in total. The standard InChI is InChI=1S/C17H17F3N2OS/c1-10(22-8-2-4-13(22)14-5-3-9-24-14)17(23)21-12-7-6-11(18)15(19)16(12)20/h3,5-7,9-10,13H,2,4,8H2,1H3,(H,21,23)/t10-,13-/m1/s1. The summed E-state index contributed by atoms with van der Waals surface area (Å²) in [5.41, 5.74) is -0.349. The SMILES string of the molecule is C[C@H](C(=O)Nc1ccc(F)c(F)c1F)N1CCC[C@@H]1c1cccs1. The molecule has 2 aromatic rings. The molecule has 1 fully saturated rings. The van der Waals surface area contributed by atoms with Crippen LogP contribution in [0.2, 0.25) is 0 Å². The number of carbonyl (C=O) groups is 1. The first-order valence-corrected chi connectivity index (χ1v) is 8.60. The third-order valence-corrected chi connectivity index (χ3v) is 5.31. The summed E-state index contributed by atoms with van der Waals surface area (Å²) in [4.78, 5) is 15.7. The summed E-state index contributed by atoms with van der Waals surface area (Å²) >= 11 is 1.64. The molecule has 0 unspecified atom stereocenters. The second kappa shape index (κ2) is 6.94. The van der Waals surface area contributed by atoms with Gasteiger partial charge < -0.3 is 5.32 Å². The maximum Gasteiger partial charge on any atom is 0.241 e. The van der Waals surface area contributed by atoms with Crippen LogP contribution in [0.4, 0.5) is 18.9 Å². The van der Waals surface area contributed by atoms with E-state index in [2.05, 4.69) is 10.2 Å². The maximum absolute atomic E-state index is 13.7. The van der Waals surface area contributed by atoms with Crippen LogP contribution >= 0.6 is 11.3 Å². The Morgan fingerprint density at radius 1 is 1.29 bits per heavy atom. The smallest absolute Gasteiger partial charge is 0.241 e. The average Bonchev–Trinajstić information content (AvgIpc) is 3.25. The van der Waals surface area contributed by atoms with E-state index in [9.17, 15) is 18.0 Å². The number of hydrogen-bond acceptors (Lipinski definition) is 3. The molecule has 1 saturated heterocycles. The van der Waals surface area contributed by atoms with Gasteiger partial charge in [-0.05, 0) is 49.9 Å². The third kappa shape index (κ3) is 3.18. The van der Waals surface area contributed by atoms with E-state index in [-0.39, 0.29) is 11.7 Å². The van der Waals surface area contributed by atoms with Gasteiger partial charge in [0.15, 0.2) is 17.5 Å². The molecule has 1 amide bonds. The molecule has 0 bridgehead atoms. The van der Waals surface area contributed by atoms with E-state index in [0.29, 0.717) is 0 Å². The van der Waals surface area contributed by atoms with Crippen molar-refractivity contribution in [3.8, 4) is 0 Å². The van der Waals surface area contributed by atoms with Crippen molar-refractivity contribution in [1.29, 1.82) is 0 Å². The van der Waals surface area contributed by atoms with Crippen LogP contribution in [0.5, 0.6) is 0 Å². The van der Waals surface area contributed by atoms with Crippen molar-refractivity contribution in [3.63, 3.8) is 0 Å². The number of thiophene rings is 1. The van der Waals surface area contributed by atoms with E-state index < -0.39 is 29.4 Å². The molecule has 2 heterocycles. The number of rotatable bonds is 4. The number of carbonyl (C=O) groups excluding carboxylic acids is 1. The van der Waals surface area contributed by atoms with Crippen LogP contribution in [-0.2, 0) is 4.79 Å². The van der Waals surface area contributed by atoms with Crippen LogP contribution in [0.25, 0.3) is 0 Å². The van der Waals surface area contributed by atoms with Gasteiger partial charge in [-0.2, -0.15) is 0 Å². The zero-order valence-corrected chi connectivity index (χ0v) is 13.9. The van der Waals surface area contributed by atoms with Crippen molar-refractivity contribution in [2.24, 2.45) is 0 Å². The summed E-state index contributed by atoms with van der Waals surface area (Å²) in [5, 5.41) is 4.36. The van der Waals surface area contributed by atoms with E-state index in [4.69, 9.17) is 0 Å². The highest BCUT2D eigenvalue weighted by molar-refractivity contribution is 7.10. The minimum atomic E-state index is -1.59. The zero-order chi connectivity index (χ0) is 17.3. The molecule has 128 valence electrons. The fraction of sp³-hybridized carbons (Fsp3) is 0.353. The van der Waals surface area contributed by atoms with Crippen molar-refractivity contribution in [1.82, 2.24) is 4.90 Å². The molecule has 1 aromatic heterocycles. The Balaban J connectivity index is 1.74. The van der Waals surface area contributed by atoms with E-state index in [0.717, 1.165) is 31.5 Å². The Labute approximate surface area is 142 Å². The average molecular weight is 354 g/mol. The summed E-state index contributed by atoms with van der Waals surface area (Å²) in [5.74, 6) is -4.69. The maximum atomic E-state index is 13.7. The molecule has 3 nitrogen and oxygen atoms in total. The Morgan fingerprint density at radius 2 is 2.08 bits per heavy atom. The quantitative estimate of drug-likeness (QED) is 0.829. The van der Waals surface area contributed by atoms with Crippen molar-refractivity contribution in [2.75, 3.05) is 11.9 Å². The summed E-state index contributed by atoms with van der Waals surface area (Å²) in [6.07, 6.45) is 1.93. The lowest BCUT2D eigenvalue weighted by Gasteiger charge is -2.29. The van der Waals surface area contributed by atoms with Crippen LogP contribution < -0.4 is 5.32 Å². The molecular weight excluding hydrogens is 337 g/mol. The summed E-state index contributed by atoms with van der Waals surface area (Å²) in [6.45, 7) is 2.50. The summed E-state index contributed by atoms with van der Waals surface area (Å²) in [6, 6.07) is 5.47. The Kier molecular flexibility index (Phi) is 4.91. The van der Waals surface area contributed by atoms with Crippen molar-refractivity contribution < 1.29 is 18.0 Å². The van der Waals surface area contributed by atoms with E-state index in [1.165, 1.54) is 4.88 Å². The molecule has 1 aliphatic rings. The summed E-state index contributed by atoms with van der Waals surface area (Å²) in [7, 11) is 0. The van der Waals surface area contributed by atoms with Gasteiger partial charge in [-0.1, -0.05) is 6.07 Å². The molecule has 24 heavy (non-hydrogen) atoms. The van der Waals surface area contributed by atoms with E-state index in [1.807, 2.05) is 17.5 Å². The molecule has 3 rings (SSSR count). The third-order valence-electron chi connectivity index (χ3n) is 4.34. The van der Waals surface area contributed by atoms with Crippen molar-refractivity contribution >= 4 is 22.9 Å². The number of hydrogen-bond donors (Lipinski definition) is 1.